The Hall–Kier alpha value is 0.130. The lowest BCUT2D eigenvalue weighted by molar-refractivity contribution is -0.145. The van der Waals surface area contributed by atoms with E-state index in [0.717, 1.165) is 25.3 Å². The van der Waals surface area contributed by atoms with Crippen LogP contribution in [-0.4, -0.2) is 42.7 Å². The van der Waals surface area contributed by atoms with Crippen molar-refractivity contribution in [1.82, 2.24) is 4.90 Å². The Kier molecular flexibility index (Phi) is 4.98. The van der Waals surface area contributed by atoms with Gasteiger partial charge in [-0.3, -0.25) is 9.69 Å². The molecule has 1 aliphatic rings. The van der Waals surface area contributed by atoms with E-state index >= 15 is 0 Å². The predicted octanol–water partition coefficient (Wildman–Crippen LogP) is 1.59. The SMILES string of the molecule is COC(=O)C1CCCN1CSSC. The quantitative estimate of drug-likeness (QED) is 0.531. The molecule has 0 N–H and O–H groups in total. The van der Waals surface area contributed by atoms with E-state index in [4.69, 9.17) is 4.74 Å². The molecule has 0 spiro atoms. The van der Waals surface area contributed by atoms with Crippen molar-refractivity contribution in [3.8, 4) is 0 Å². The largest absolute Gasteiger partial charge is 0.468 e. The molecule has 0 aromatic heterocycles. The van der Waals surface area contributed by atoms with Gasteiger partial charge >= 0.3 is 5.97 Å². The number of hydrogen-bond donors (Lipinski definition) is 0. The monoisotopic (exact) mass is 221 g/mol. The van der Waals surface area contributed by atoms with E-state index in [9.17, 15) is 4.79 Å². The van der Waals surface area contributed by atoms with Crippen LogP contribution >= 0.6 is 21.6 Å². The van der Waals surface area contributed by atoms with Gasteiger partial charge in [-0.1, -0.05) is 21.6 Å². The molecule has 0 amide bonds. The van der Waals surface area contributed by atoms with Gasteiger partial charge in [-0.2, -0.15) is 0 Å². The van der Waals surface area contributed by atoms with Crippen LogP contribution in [0.15, 0.2) is 0 Å². The number of esters is 1. The molecule has 76 valence electrons. The first kappa shape index (κ1) is 11.2. The average molecular weight is 221 g/mol. The van der Waals surface area contributed by atoms with Crippen molar-refractivity contribution in [3.63, 3.8) is 0 Å². The second kappa shape index (κ2) is 5.78. The van der Waals surface area contributed by atoms with Crippen molar-refractivity contribution >= 4 is 27.6 Å². The molecule has 1 unspecified atom stereocenters. The average Bonchev–Trinajstić information content (AvgIpc) is 2.61. The van der Waals surface area contributed by atoms with Gasteiger partial charge in [0, 0.05) is 0 Å². The lowest BCUT2D eigenvalue weighted by Crippen LogP contribution is -2.36. The summed E-state index contributed by atoms with van der Waals surface area (Å²) in [6.07, 6.45) is 4.10. The van der Waals surface area contributed by atoms with Crippen molar-refractivity contribution in [2.24, 2.45) is 0 Å². The van der Waals surface area contributed by atoms with Crippen LogP contribution in [0, 0.1) is 0 Å². The summed E-state index contributed by atoms with van der Waals surface area (Å²) in [6.45, 7) is 1.02. The Bertz CT molecular complexity index is 178. The summed E-state index contributed by atoms with van der Waals surface area (Å²) in [5.41, 5.74) is 0. The zero-order valence-corrected chi connectivity index (χ0v) is 9.62. The molecule has 0 saturated carbocycles. The Morgan fingerprint density at radius 2 is 2.46 bits per heavy atom. The number of ether oxygens (including phenoxy) is 1. The second-order valence-electron chi connectivity index (χ2n) is 2.91. The van der Waals surface area contributed by atoms with Gasteiger partial charge in [-0.15, -0.1) is 0 Å². The maximum atomic E-state index is 11.3. The van der Waals surface area contributed by atoms with Gasteiger partial charge in [0.2, 0.25) is 0 Å². The van der Waals surface area contributed by atoms with Crippen LogP contribution in [-0.2, 0) is 9.53 Å². The predicted molar refractivity (Wildman–Crippen MR) is 57.7 cm³/mol. The van der Waals surface area contributed by atoms with Crippen molar-refractivity contribution in [3.05, 3.63) is 0 Å². The van der Waals surface area contributed by atoms with E-state index in [1.165, 1.54) is 7.11 Å². The fourth-order valence-corrected chi connectivity index (χ4v) is 2.78. The smallest absolute Gasteiger partial charge is 0.323 e. The van der Waals surface area contributed by atoms with Crippen LogP contribution in [0.2, 0.25) is 0 Å². The molecule has 3 nitrogen and oxygen atoms in total. The standard InChI is InChI=1S/C8H15NO2S2/c1-11-8(10)7-4-3-5-9(7)6-13-12-2/h7H,3-6H2,1-2H3. The van der Waals surface area contributed by atoms with E-state index in [1.807, 2.05) is 6.26 Å². The van der Waals surface area contributed by atoms with Crippen LogP contribution in [0.25, 0.3) is 0 Å². The topological polar surface area (TPSA) is 29.5 Å². The molecule has 13 heavy (non-hydrogen) atoms. The molecule has 5 heteroatoms. The van der Waals surface area contributed by atoms with Crippen LogP contribution in [0.1, 0.15) is 12.8 Å². The molecular weight excluding hydrogens is 206 g/mol. The fraction of sp³-hybridized carbons (Fsp3) is 0.875. The van der Waals surface area contributed by atoms with Crippen LogP contribution in [0.5, 0.6) is 0 Å². The van der Waals surface area contributed by atoms with Crippen molar-refractivity contribution in [2.45, 2.75) is 18.9 Å². The number of rotatable bonds is 4. The summed E-state index contributed by atoms with van der Waals surface area (Å²) in [5.74, 6) is 0.834. The van der Waals surface area contributed by atoms with E-state index in [2.05, 4.69) is 4.90 Å². The lowest BCUT2D eigenvalue weighted by atomic mass is 10.2. The number of carbonyl (C=O) groups excluding carboxylic acids is 1. The highest BCUT2D eigenvalue weighted by Crippen LogP contribution is 2.25. The van der Waals surface area contributed by atoms with Gasteiger partial charge in [-0.05, 0) is 25.6 Å². The summed E-state index contributed by atoms with van der Waals surface area (Å²) >= 11 is 0. The third kappa shape index (κ3) is 3.07. The summed E-state index contributed by atoms with van der Waals surface area (Å²) < 4.78 is 4.75. The molecule has 0 aliphatic carbocycles. The molecule has 0 radical (unpaired) electrons. The lowest BCUT2D eigenvalue weighted by Gasteiger charge is -2.20. The van der Waals surface area contributed by atoms with E-state index in [-0.39, 0.29) is 12.0 Å². The van der Waals surface area contributed by atoms with Gasteiger partial charge in [-0.25, -0.2) is 0 Å². The van der Waals surface area contributed by atoms with E-state index in [1.54, 1.807) is 21.6 Å². The first-order valence-corrected chi connectivity index (χ1v) is 6.99. The molecule has 0 bridgehead atoms. The van der Waals surface area contributed by atoms with Crippen molar-refractivity contribution in [2.75, 3.05) is 25.8 Å². The molecule has 1 rings (SSSR count). The highest BCUT2D eigenvalue weighted by molar-refractivity contribution is 8.76. The number of likely N-dealkylation sites (tertiary alicyclic amines) is 1. The minimum Gasteiger partial charge on any atom is -0.468 e. The number of carbonyl (C=O) groups is 1. The Morgan fingerprint density at radius 1 is 1.69 bits per heavy atom. The van der Waals surface area contributed by atoms with Gasteiger partial charge in [0.1, 0.15) is 6.04 Å². The van der Waals surface area contributed by atoms with Crippen LogP contribution in [0.3, 0.4) is 0 Å². The molecule has 1 saturated heterocycles. The third-order valence-corrected chi connectivity index (χ3v) is 3.87. The van der Waals surface area contributed by atoms with Crippen LogP contribution in [0.4, 0.5) is 0 Å². The maximum absolute atomic E-state index is 11.3. The zero-order chi connectivity index (χ0) is 9.68. The number of hydrogen-bond acceptors (Lipinski definition) is 5. The zero-order valence-electron chi connectivity index (χ0n) is 7.99. The van der Waals surface area contributed by atoms with E-state index < -0.39 is 0 Å². The first-order chi connectivity index (χ1) is 6.29. The molecular formula is C8H15NO2S2. The minimum absolute atomic E-state index is 0.00431. The molecule has 0 aromatic rings. The Labute approximate surface area is 87.0 Å². The number of nitrogens with zero attached hydrogens (tertiary/aromatic N) is 1. The first-order valence-electron chi connectivity index (χ1n) is 4.27. The van der Waals surface area contributed by atoms with Gasteiger partial charge in [0.25, 0.3) is 0 Å². The van der Waals surface area contributed by atoms with Gasteiger partial charge in [0.05, 0.1) is 13.0 Å². The fourth-order valence-electron chi connectivity index (χ4n) is 1.50. The van der Waals surface area contributed by atoms with E-state index in [0.29, 0.717) is 0 Å². The third-order valence-electron chi connectivity index (χ3n) is 2.17. The molecule has 1 atom stereocenters. The molecule has 1 fully saturated rings. The molecule has 1 heterocycles. The maximum Gasteiger partial charge on any atom is 0.323 e. The van der Waals surface area contributed by atoms with Gasteiger partial charge in [0.15, 0.2) is 0 Å². The second-order valence-corrected chi connectivity index (χ2v) is 5.44. The molecule has 0 aromatic carbocycles. The summed E-state index contributed by atoms with van der Waals surface area (Å²) in [6, 6.07) is 0.00431. The Balaban J connectivity index is 2.39. The highest BCUT2D eigenvalue weighted by Gasteiger charge is 2.30. The normalized spacial score (nSPS) is 23.4. The summed E-state index contributed by atoms with van der Waals surface area (Å²) in [4.78, 5) is 13.5. The Morgan fingerprint density at radius 3 is 3.08 bits per heavy atom. The summed E-state index contributed by atoms with van der Waals surface area (Å²) in [5, 5.41) is 0. The highest BCUT2D eigenvalue weighted by atomic mass is 33.1. The summed E-state index contributed by atoms with van der Waals surface area (Å²) in [7, 11) is 4.96. The minimum atomic E-state index is -0.0841. The van der Waals surface area contributed by atoms with Crippen LogP contribution < -0.4 is 0 Å². The van der Waals surface area contributed by atoms with Gasteiger partial charge < -0.3 is 4.74 Å². The van der Waals surface area contributed by atoms with Crippen molar-refractivity contribution in [1.29, 1.82) is 0 Å². The van der Waals surface area contributed by atoms with Crippen molar-refractivity contribution < 1.29 is 9.53 Å². The number of methoxy groups -OCH3 is 1. The molecule has 1 aliphatic heterocycles.